The fourth-order valence-corrected chi connectivity index (χ4v) is 2.44. The van der Waals surface area contributed by atoms with Gasteiger partial charge >= 0.3 is 0 Å². The van der Waals surface area contributed by atoms with Gasteiger partial charge in [-0.1, -0.05) is 18.2 Å². The molecule has 0 aliphatic rings. The lowest BCUT2D eigenvalue weighted by Gasteiger charge is -2.09. The standard InChI is InChI=1S/C15H10BrClN2O/c16-12-5-11(7-17)15(19-8-12)20-13-6-10-3-1-2-4-14(10)18-9-13/h1-6,8-9H,7H2. The average Bonchev–Trinajstić information content (AvgIpc) is 2.49. The zero-order valence-corrected chi connectivity index (χ0v) is 12.7. The van der Waals surface area contributed by atoms with Gasteiger partial charge in [0.05, 0.1) is 17.6 Å². The van der Waals surface area contributed by atoms with Crippen LogP contribution in [-0.4, -0.2) is 9.97 Å². The van der Waals surface area contributed by atoms with Crippen LogP contribution < -0.4 is 4.74 Å². The van der Waals surface area contributed by atoms with Crippen molar-refractivity contribution in [3.8, 4) is 11.6 Å². The minimum Gasteiger partial charge on any atom is -0.437 e. The highest BCUT2D eigenvalue weighted by Gasteiger charge is 2.07. The molecule has 0 aliphatic carbocycles. The topological polar surface area (TPSA) is 35.0 Å². The van der Waals surface area contributed by atoms with Crippen molar-refractivity contribution in [2.75, 3.05) is 0 Å². The van der Waals surface area contributed by atoms with Crippen molar-refractivity contribution in [3.05, 3.63) is 58.8 Å². The quantitative estimate of drug-likeness (QED) is 0.629. The first kappa shape index (κ1) is 13.3. The largest absolute Gasteiger partial charge is 0.437 e. The van der Waals surface area contributed by atoms with E-state index in [9.17, 15) is 0 Å². The van der Waals surface area contributed by atoms with Crippen LogP contribution in [0.15, 0.2) is 53.3 Å². The summed E-state index contributed by atoms with van der Waals surface area (Å²) in [5.41, 5.74) is 1.76. The number of nitrogens with zero attached hydrogens (tertiary/aromatic N) is 2. The predicted molar refractivity (Wildman–Crippen MR) is 83.3 cm³/mol. The summed E-state index contributed by atoms with van der Waals surface area (Å²) >= 11 is 9.27. The third-order valence-electron chi connectivity index (χ3n) is 2.82. The molecule has 3 rings (SSSR count). The highest BCUT2D eigenvalue weighted by atomic mass is 79.9. The Labute approximate surface area is 129 Å². The zero-order chi connectivity index (χ0) is 13.9. The van der Waals surface area contributed by atoms with Gasteiger partial charge in [-0.15, -0.1) is 11.6 Å². The second kappa shape index (κ2) is 5.77. The minimum atomic E-state index is 0.336. The van der Waals surface area contributed by atoms with Crippen LogP contribution in [0.1, 0.15) is 5.56 Å². The molecule has 20 heavy (non-hydrogen) atoms. The molecule has 2 aromatic heterocycles. The SMILES string of the molecule is ClCc1cc(Br)cnc1Oc1cnc2ccccc2c1. The summed E-state index contributed by atoms with van der Waals surface area (Å²) in [4.78, 5) is 8.60. The predicted octanol–water partition coefficient (Wildman–Crippen LogP) is 4.92. The zero-order valence-electron chi connectivity index (χ0n) is 10.4. The molecule has 0 aliphatic heterocycles. The van der Waals surface area contributed by atoms with E-state index in [4.69, 9.17) is 16.3 Å². The highest BCUT2D eigenvalue weighted by Crippen LogP contribution is 2.27. The number of aromatic nitrogens is 2. The third-order valence-corrected chi connectivity index (χ3v) is 3.54. The summed E-state index contributed by atoms with van der Waals surface area (Å²) < 4.78 is 6.66. The van der Waals surface area contributed by atoms with Crippen LogP contribution in [0.4, 0.5) is 0 Å². The van der Waals surface area contributed by atoms with E-state index in [2.05, 4.69) is 25.9 Å². The lowest BCUT2D eigenvalue weighted by atomic mass is 10.2. The summed E-state index contributed by atoms with van der Waals surface area (Å²) in [5.74, 6) is 1.48. The summed E-state index contributed by atoms with van der Waals surface area (Å²) in [5, 5.41) is 1.02. The van der Waals surface area contributed by atoms with E-state index in [0.29, 0.717) is 17.5 Å². The number of fused-ring (bicyclic) bond motifs is 1. The molecule has 0 saturated heterocycles. The molecule has 0 unspecified atom stereocenters. The van der Waals surface area contributed by atoms with Crippen LogP contribution in [0.3, 0.4) is 0 Å². The highest BCUT2D eigenvalue weighted by molar-refractivity contribution is 9.10. The van der Waals surface area contributed by atoms with Crippen molar-refractivity contribution >= 4 is 38.4 Å². The Kier molecular flexibility index (Phi) is 3.85. The lowest BCUT2D eigenvalue weighted by Crippen LogP contribution is -1.94. The molecule has 0 atom stereocenters. The van der Waals surface area contributed by atoms with E-state index >= 15 is 0 Å². The van der Waals surface area contributed by atoms with Gasteiger partial charge in [0.1, 0.15) is 5.75 Å². The van der Waals surface area contributed by atoms with E-state index < -0.39 is 0 Å². The Hall–Kier alpha value is -1.65. The van der Waals surface area contributed by atoms with Crippen LogP contribution in [0.5, 0.6) is 11.6 Å². The number of alkyl halides is 1. The van der Waals surface area contributed by atoms with E-state index in [1.165, 1.54) is 0 Å². The summed E-state index contributed by atoms with van der Waals surface area (Å²) in [6, 6.07) is 11.7. The Balaban J connectivity index is 1.96. The molecule has 5 heteroatoms. The summed E-state index contributed by atoms with van der Waals surface area (Å²) in [7, 11) is 0. The second-order valence-corrected chi connectivity index (χ2v) is 5.40. The molecule has 0 N–H and O–H groups in total. The van der Waals surface area contributed by atoms with Gasteiger partial charge in [-0.05, 0) is 34.1 Å². The number of pyridine rings is 2. The molecule has 100 valence electrons. The normalized spacial score (nSPS) is 10.7. The number of hydrogen-bond donors (Lipinski definition) is 0. The van der Waals surface area contributed by atoms with Gasteiger partial charge in [-0.3, -0.25) is 4.98 Å². The Morgan fingerprint density at radius 2 is 1.95 bits per heavy atom. The third kappa shape index (κ3) is 2.76. The van der Waals surface area contributed by atoms with E-state index in [1.807, 2.05) is 36.4 Å². The molecule has 3 aromatic rings. The summed E-state index contributed by atoms with van der Waals surface area (Å²) in [6.45, 7) is 0. The fraction of sp³-hybridized carbons (Fsp3) is 0.0667. The molecule has 1 aromatic carbocycles. The Bertz CT molecular complexity index is 764. The van der Waals surface area contributed by atoms with Crippen molar-refractivity contribution in [2.24, 2.45) is 0 Å². The van der Waals surface area contributed by atoms with Gasteiger partial charge in [0, 0.05) is 21.6 Å². The second-order valence-electron chi connectivity index (χ2n) is 4.22. The smallest absolute Gasteiger partial charge is 0.223 e. The Morgan fingerprint density at radius 3 is 2.80 bits per heavy atom. The van der Waals surface area contributed by atoms with Gasteiger partial charge in [-0.25, -0.2) is 4.98 Å². The van der Waals surface area contributed by atoms with Gasteiger partial charge in [0.2, 0.25) is 5.88 Å². The molecule has 0 amide bonds. The lowest BCUT2D eigenvalue weighted by molar-refractivity contribution is 0.457. The maximum absolute atomic E-state index is 5.91. The molecule has 0 bridgehead atoms. The number of hydrogen-bond acceptors (Lipinski definition) is 3. The minimum absolute atomic E-state index is 0.336. The van der Waals surface area contributed by atoms with E-state index in [0.717, 1.165) is 20.9 Å². The molecule has 2 heterocycles. The van der Waals surface area contributed by atoms with Crippen LogP contribution in [-0.2, 0) is 5.88 Å². The van der Waals surface area contributed by atoms with E-state index in [-0.39, 0.29) is 0 Å². The van der Waals surface area contributed by atoms with Crippen LogP contribution >= 0.6 is 27.5 Å². The number of ether oxygens (including phenoxy) is 1. The monoisotopic (exact) mass is 348 g/mol. The molecule has 0 saturated carbocycles. The molecular weight excluding hydrogens is 340 g/mol. The molecule has 0 spiro atoms. The number of para-hydroxylation sites is 1. The van der Waals surface area contributed by atoms with Crippen molar-refractivity contribution < 1.29 is 4.74 Å². The maximum atomic E-state index is 5.91. The van der Waals surface area contributed by atoms with Gasteiger partial charge in [0.15, 0.2) is 0 Å². The summed E-state index contributed by atoms with van der Waals surface area (Å²) in [6.07, 6.45) is 3.37. The van der Waals surface area contributed by atoms with Crippen molar-refractivity contribution in [1.82, 2.24) is 9.97 Å². The van der Waals surface area contributed by atoms with Crippen molar-refractivity contribution in [1.29, 1.82) is 0 Å². The molecular formula is C15H10BrClN2O. The van der Waals surface area contributed by atoms with Gasteiger partial charge in [-0.2, -0.15) is 0 Å². The van der Waals surface area contributed by atoms with Crippen LogP contribution in [0, 0.1) is 0 Å². The van der Waals surface area contributed by atoms with Crippen molar-refractivity contribution in [3.63, 3.8) is 0 Å². The molecule has 0 radical (unpaired) electrons. The maximum Gasteiger partial charge on any atom is 0.223 e. The molecule has 0 fully saturated rings. The van der Waals surface area contributed by atoms with Crippen LogP contribution in [0.2, 0.25) is 0 Å². The van der Waals surface area contributed by atoms with Gasteiger partial charge in [0.25, 0.3) is 0 Å². The first-order chi connectivity index (χ1) is 9.76. The number of halogens is 2. The average molecular weight is 350 g/mol. The van der Waals surface area contributed by atoms with Gasteiger partial charge < -0.3 is 4.74 Å². The first-order valence-corrected chi connectivity index (χ1v) is 7.32. The van der Waals surface area contributed by atoms with Crippen LogP contribution in [0.25, 0.3) is 10.9 Å². The fourth-order valence-electron chi connectivity index (χ4n) is 1.87. The van der Waals surface area contributed by atoms with Crippen molar-refractivity contribution in [2.45, 2.75) is 5.88 Å². The number of benzene rings is 1. The van der Waals surface area contributed by atoms with E-state index in [1.54, 1.807) is 12.4 Å². The Morgan fingerprint density at radius 1 is 1.10 bits per heavy atom. The molecule has 3 nitrogen and oxygen atoms in total. The first-order valence-electron chi connectivity index (χ1n) is 5.99. The number of rotatable bonds is 3.